The molecule has 0 aromatic heterocycles. The summed E-state index contributed by atoms with van der Waals surface area (Å²) in [4.78, 5) is 17.3. The topological polar surface area (TPSA) is 71.4 Å². The summed E-state index contributed by atoms with van der Waals surface area (Å²) in [7, 11) is 0. The van der Waals surface area contributed by atoms with Crippen LogP contribution in [0.2, 0.25) is 0 Å². The minimum Gasteiger partial charge on any atom is -0.382 e. The van der Waals surface area contributed by atoms with Crippen molar-refractivity contribution < 1.29 is 4.79 Å². The van der Waals surface area contributed by atoms with Gasteiger partial charge in [0.05, 0.1) is 18.1 Å². The molecule has 2 aromatic rings. The number of rotatable bonds is 6. The van der Waals surface area contributed by atoms with E-state index >= 15 is 0 Å². The van der Waals surface area contributed by atoms with Crippen LogP contribution in [0.3, 0.4) is 0 Å². The summed E-state index contributed by atoms with van der Waals surface area (Å²) >= 11 is 0. The van der Waals surface area contributed by atoms with E-state index in [0.29, 0.717) is 24.1 Å². The average molecular weight is 432 g/mol. The number of benzene rings is 2. The molecule has 0 radical (unpaired) electrons. The molecule has 6 heteroatoms. The molecule has 0 saturated carbocycles. The fourth-order valence-electron chi connectivity index (χ4n) is 4.65. The molecule has 0 bridgehead atoms. The zero-order chi connectivity index (χ0) is 22.3. The van der Waals surface area contributed by atoms with E-state index < -0.39 is 0 Å². The van der Waals surface area contributed by atoms with Crippen molar-refractivity contribution in [1.29, 1.82) is 5.26 Å². The molecule has 2 fully saturated rings. The molecule has 2 N–H and O–H groups in total. The Bertz CT molecular complexity index is 943. The third-order valence-electron chi connectivity index (χ3n) is 6.45. The number of hydrogen-bond acceptors (Lipinski definition) is 5. The third-order valence-corrected chi connectivity index (χ3v) is 6.45. The summed E-state index contributed by atoms with van der Waals surface area (Å²) in [6.07, 6.45) is 2.31. The van der Waals surface area contributed by atoms with Crippen molar-refractivity contribution in [2.24, 2.45) is 0 Å². The van der Waals surface area contributed by atoms with Crippen LogP contribution in [-0.2, 0) is 17.8 Å². The molecule has 1 amide bonds. The van der Waals surface area contributed by atoms with Crippen molar-refractivity contribution in [2.45, 2.75) is 44.8 Å². The summed E-state index contributed by atoms with van der Waals surface area (Å²) in [6, 6.07) is 19.2. The first-order chi connectivity index (χ1) is 15.6. The Morgan fingerprint density at radius 1 is 1.12 bits per heavy atom. The fraction of sp³-hybridized carbons (Fsp3) is 0.462. The SMILES string of the molecule is C[C@@H]1CN(Cc2ccc(CC(=O)N3CCC(Nc4cccc(C#N)c4)CC3)cc2)CCN1. The van der Waals surface area contributed by atoms with Crippen molar-refractivity contribution in [3.63, 3.8) is 0 Å². The van der Waals surface area contributed by atoms with Crippen molar-refractivity contribution in [1.82, 2.24) is 15.1 Å². The maximum atomic E-state index is 12.8. The van der Waals surface area contributed by atoms with E-state index in [2.05, 4.69) is 52.8 Å². The molecule has 6 nitrogen and oxygen atoms in total. The van der Waals surface area contributed by atoms with Gasteiger partial charge >= 0.3 is 0 Å². The number of nitriles is 1. The number of likely N-dealkylation sites (tertiary alicyclic amines) is 1. The molecule has 2 aliphatic rings. The molecule has 4 rings (SSSR count). The Morgan fingerprint density at radius 2 is 1.88 bits per heavy atom. The smallest absolute Gasteiger partial charge is 0.226 e. The van der Waals surface area contributed by atoms with Crippen LogP contribution in [0.25, 0.3) is 0 Å². The van der Waals surface area contributed by atoms with Crippen LogP contribution in [0.1, 0.15) is 36.5 Å². The Hall–Kier alpha value is -2.88. The highest BCUT2D eigenvalue weighted by molar-refractivity contribution is 5.79. The van der Waals surface area contributed by atoms with Gasteiger partial charge in [0, 0.05) is 57.0 Å². The summed E-state index contributed by atoms with van der Waals surface area (Å²) < 4.78 is 0. The van der Waals surface area contributed by atoms with Crippen LogP contribution >= 0.6 is 0 Å². The van der Waals surface area contributed by atoms with E-state index in [9.17, 15) is 4.79 Å². The molecule has 0 aliphatic carbocycles. The van der Waals surface area contributed by atoms with Crippen molar-refractivity contribution in [3.05, 3.63) is 65.2 Å². The van der Waals surface area contributed by atoms with Gasteiger partial charge in [0.2, 0.25) is 5.91 Å². The molecule has 1 atom stereocenters. The number of piperidine rings is 1. The monoisotopic (exact) mass is 431 g/mol. The van der Waals surface area contributed by atoms with Crippen LogP contribution in [0.15, 0.2) is 48.5 Å². The molecule has 32 heavy (non-hydrogen) atoms. The fourth-order valence-corrected chi connectivity index (χ4v) is 4.65. The molecular weight excluding hydrogens is 398 g/mol. The molecular formula is C26H33N5O. The van der Waals surface area contributed by atoms with Crippen molar-refractivity contribution in [3.8, 4) is 6.07 Å². The minimum absolute atomic E-state index is 0.207. The highest BCUT2D eigenvalue weighted by atomic mass is 16.2. The second-order valence-corrected chi connectivity index (χ2v) is 9.08. The van der Waals surface area contributed by atoms with Crippen molar-refractivity contribution in [2.75, 3.05) is 38.0 Å². The van der Waals surface area contributed by atoms with Gasteiger partial charge in [0.15, 0.2) is 0 Å². The highest BCUT2D eigenvalue weighted by Crippen LogP contribution is 2.19. The number of anilines is 1. The summed E-state index contributed by atoms with van der Waals surface area (Å²) in [6.45, 7) is 7.95. The second kappa shape index (κ2) is 10.6. The highest BCUT2D eigenvalue weighted by Gasteiger charge is 2.23. The van der Waals surface area contributed by atoms with E-state index in [1.165, 1.54) is 5.56 Å². The van der Waals surface area contributed by atoms with E-state index in [0.717, 1.165) is 63.4 Å². The van der Waals surface area contributed by atoms with Gasteiger partial charge in [0.25, 0.3) is 0 Å². The Labute approximate surface area is 191 Å². The van der Waals surface area contributed by atoms with Gasteiger partial charge in [-0.15, -0.1) is 0 Å². The molecule has 2 saturated heterocycles. The summed E-state index contributed by atoms with van der Waals surface area (Å²) in [5.41, 5.74) is 4.03. The maximum Gasteiger partial charge on any atom is 0.226 e. The van der Waals surface area contributed by atoms with E-state index in [4.69, 9.17) is 5.26 Å². The number of nitrogens with zero attached hydrogens (tertiary/aromatic N) is 3. The maximum absolute atomic E-state index is 12.8. The van der Waals surface area contributed by atoms with Gasteiger partial charge < -0.3 is 15.5 Å². The first-order valence-corrected chi connectivity index (χ1v) is 11.7. The minimum atomic E-state index is 0.207. The van der Waals surface area contributed by atoms with E-state index in [-0.39, 0.29) is 5.91 Å². The largest absolute Gasteiger partial charge is 0.382 e. The summed E-state index contributed by atoms with van der Waals surface area (Å²) in [5.74, 6) is 0.207. The van der Waals surface area contributed by atoms with Gasteiger partial charge in [0.1, 0.15) is 0 Å². The lowest BCUT2D eigenvalue weighted by Crippen LogP contribution is -2.48. The van der Waals surface area contributed by atoms with Gasteiger partial charge in [-0.2, -0.15) is 5.26 Å². The number of carbonyl (C=O) groups excluding carboxylic acids is 1. The van der Waals surface area contributed by atoms with Gasteiger partial charge in [-0.1, -0.05) is 30.3 Å². The van der Waals surface area contributed by atoms with Crippen LogP contribution in [0.4, 0.5) is 5.69 Å². The van der Waals surface area contributed by atoms with Crippen LogP contribution < -0.4 is 10.6 Å². The second-order valence-electron chi connectivity index (χ2n) is 9.08. The number of carbonyl (C=O) groups is 1. The number of nitrogens with one attached hydrogen (secondary N) is 2. The normalized spacial score (nSPS) is 20.0. The van der Waals surface area contributed by atoms with Crippen LogP contribution in [-0.4, -0.2) is 60.5 Å². The predicted molar refractivity (Wildman–Crippen MR) is 127 cm³/mol. The molecule has 168 valence electrons. The molecule has 2 aliphatic heterocycles. The first kappa shape index (κ1) is 22.3. The molecule has 2 heterocycles. The Balaban J connectivity index is 1.22. The van der Waals surface area contributed by atoms with Gasteiger partial charge in [-0.3, -0.25) is 9.69 Å². The third kappa shape index (κ3) is 6.09. The standard InChI is InChI=1S/C26H33N5O/c1-20-18-30(14-11-28-20)19-22-7-5-21(6-8-22)16-26(32)31-12-9-24(10-13-31)29-25-4-2-3-23(15-25)17-27/h2-8,15,20,24,28-29H,9-14,16,18-19H2,1H3/t20-/m1/s1. The zero-order valence-electron chi connectivity index (χ0n) is 18.9. The Morgan fingerprint density at radius 3 is 2.59 bits per heavy atom. The number of hydrogen-bond donors (Lipinski definition) is 2. The number of amides is 1. The van der Waals surface area contributed by atoms with Crippen LogP contribution in [0.5, 0.6) is 0 Å². The predicted octanol–water partition coefficient (Wildman–Crippen LogP) is 3.00. The van der Waals surface area contributed by atoms with Gasteiger partial charge in [-0.25, -0.2) is 0 Å². The van der Waals surface area contributed by atoms with Crippen molar-refractivity contribution >= 4 is 11.6 Å². The van der Waals surface area contributed by atoms with E-state index in [1.807, 2.05) is 29.2 Å². The zero-order valence-corrected chi connectivity index (χ0v) is 18.9. The Kier molecular flexibility index (Phi) is 7.41. The van der Waals surface area contributed by atoms with Crippen LogP contribution in [0, 0.1) is 11.3 Å². The molecule has 2 aromatic carbocycles. The summed E-state index contributed by atoms with van der Waals surface area (Å²) in [5, 5.41) is 16.0. The van der Waals surface area contributed by atoms with E-state index in [1.54, 1.807) is 0 Å². The molecule has 0 spiro atoms. The molecule has 0 unspecified atom stereocenters. The lowest BCUT2D eigenvalue weighted by molar-refractivity contribution is -0.131. The lowest BCUT2D eigenvalue weighted by Gasteiger charge is -2.33. The first-order valence-electron chi connectivity index (χ1n) is 11.7. The van der Waals surface area contributed by atoms with Gasteiger partial charge in [-0.05, 0) is 49.1 Å². The average Bonchev–Trinajstić information content (AvgIpc) is 2.81. The lowest BCUT2D eigenvalue weighted by atomic mass is 10.0. The quantitative estimate of drug-likeness (QED) is 0.736. The number of piperazine rings is 1.